The third kappa shape index (κ3) is 3.59. The number of rotatable bonds is 1. The van der Waals surface area contributed by atoms with Crippen molar-refractivity contribution < 1.29 is 4.79 Å². The van der Waals surface area contributed by atoms with Crippen LogP contribution in [0.2, 0.25) is 0 Å². The molecule has 1 aromatic rings. The lowest BCUT2D eigenvalue weighted by Gasteiger charge is -2.21. The molecule has 1 fully saturated rings. The van der Waals surface area contributed by atoms with Gasteiger partial charge in [-0.2, -0.15) is 0 Å². The van der Waals surface area contributed by atoms with Crippen LogP contribution in [0, 0.1) is 10.5 Å². The first-order valence-electron chi connectivity index (χ1n) is 5.95. The smallest absolute Gasteiger partial charge is 0.254 e. The second-order valence-corrected chi connectivity index (χ2v) is 5.47. The van der Waals surface area contributed by atoms with Gasteiger partial charge in [0.2, 0.25) is 0 Å². The molecule has 100 valence electrons. The molecular weight excluding hydrogens is 363 g/mol. The van der Waals surface area contributed by atoms with Gasteiger partial charge in [0.15, 0.2) is 0 Å². The van der Waals surface area contributed by atoms with Gasteiger partial charge in [0.05, 0.1) is 0 Å². The number of amides is 1. The Balaban J connectivity index is 0.00000162. The van der Waals surface area contributed by atoms with Gasteiger partial charge >= 0.3 is 0 Å². The fraction of sp³-hybridized carbons (Fsp3) is 0.462. The summed E-state index contributed by atoms with van der Waals surface area (Å²) in [7, 11) is 0. The Morgan fingerprint density at radius 2 is 2.11 bits per heavy atom. The number of benzene rings is 1. The molecule has 0 unspecified atom stereocenters. The Labute approximate surface area is 128 Å². The van der Waals surface area contributed by atoms with Crippen LogP contribution in [0.15, 0.2) is 18.2 Å². The van der Waals surface area contributed by atoms with Crippen LogP contribution >= 0.6 is 35.0 Å². The van der Waals surface area contributed by atoms with Gasteiger partial charge in [-0.15, -0.1) is 12.4 Å². The first kappa shape index (κ1) is 15.7. The third-order valence-electron chi connectivity index (χ3n) is 3.13. The average Bonchev–Trinajstić information content (AvgIpc) is 2.60. The molecule has 0 bridgehead atoms. The molecule has 18 heavy (non-hydrogen) atoms. The van der Waals surface area contributed by atoms with E-state index in [0.29, 0.717) is 0 Å². The van der Waals surface area contributed by atoms with Crippen LogP contribution in [0.3, 0.4) is 0 Å². The maximum Gasteiger partial charge on any atom is 0.254 e. The molecule has 5 heteroatoms. The van der Waals surface area contributed by atoms with Crippen molar-refractivity contribution in [3.05, 3.63) is 32.9 Å². The summed E-state index contributed by atoms with van der Waals surface area (Å²) >= 11 is 2.28. The number of carbonyl (C=O) groups excluding carboxylic acids is 1. The molecule has 1 saturated heterocycles. The van der Waals surface area contributed by atoms with E-state index in [2.05, 4.69) is 27.9 Å². The highest BCUT2D eigenvalue weighted by Crippen LogP contribution is 2.17. The van der Waals surface area contributed by atoms with Crippen LogP contribution in [0.1, 0.15) is 22.3 Å². The van der Waals surface area contributed by atoms with Crippen molar-refractivity contribution in [1.29, 1.82) is 0 Å². The molecule has 0 aliphatic carbocycles. The van der Waals surface area contributed by atoms with Gasteiger partial charge in [-0.3, -0.25) is 4.79 Å². The van der Waals surface area contributed by atoms with E-state index in [1.807, 2.05) is 30.0 Å². The van der Waals surface area contributed by atoms with Crippen molar-refractivity contribution in [2.75, 3.05) is 26.2 Å². The van der Waals surface area contributed by atoms with Crippen molar-refractivity contribution in [3.63, 3.8) is 0 Å². The van der Waals surface area contributed by atoms with E-state index in [1.54, 1.807) is 0 Å². The van der Waals surface area contributed by atoms with Gasteiger partial charge in [0.25, 0.3) is 5.91 Å². The van der Waals surface area contributed by atoms with Crippen molar-refractivity contribution in [1.82, 2.24) is 10.2 Å². The zero-order valence-electron chi connectivity index (χ0n) is 10.4. The van der Waals surface area contributed by atoms with E-state index < -0.39 is 0 Å². The van der Waals surface area contributed by atoms with Gasteiger partial charge in [-0.25, -0.2) is 0 Å². The van der Waals surface area contributed by atoms with E-state index in [0.717, 1.165) is 47.3 Å². The minimum atomic E-state index is 0. The quantitative estimate of drug-likeness (QED) is 0.759. The highest BCUT2D eigenvalue weighted by Gasteiger charge is 2.19. The van der Waals surface area contributed by atoms with Crippen molar-refractivity contribution in [2.45, 2.75) is 13.3 Å². The predicted octanol–water partition coefficient (Wildman–Crippen LogP) is 2.46. The van der Waals surface area contributed by atoms with E-state index in [-0.39, 0.29) is 18.3 Å². The highest BCUT2D eigenvalue weighted by molar-refractivity contribution is 14.1. The Bertz CT molecular complexity index is 417. The van der Waals surface area contributed by atoms with Gasteiger partial charge in [-0.1, -0.05) is 6.07 Å². The summed E-state index contributed by atoms with van der Waals surface area (Å²) in [5.41, 5.74) is 1.94. The van der Waals surface area contributed by atoms with Crippen LogP contribution in [-0.4, -0.2) is 37.0 Å². The zero-order valence-corrected chi connectivity index (χ0v) is 13.4. The predicted molar refractivity (Wildman–Crippen MR) is 84.5 cm³/mol. The summed E-state index contributed by atoms with van der Waals surface area (Å²) < 4.78 is 1.15. The van der Waals surface area contributed by atoms with Crippen molar-refractivity contribution >= 4 is 40.9 Å². The molecule has 1 heterocycles. The minimum Gasteiger partial charge on any atom is -0.337 e. The van der Waals surface area contributed by atoms with E-state index in [1.165, 1.54) is 0 Å². The van der Waals surface area contributed by atoms with Crippen LogP contribution in [-0.2, 0) is 0 Å². The number of carbonyl (C=O) groups is 1. The van der Waals surface area contributed by atoms with Crippen molar-refractivity contribution in [2.24, 2.45) is 0 Å². The zero-order chi connectivity index (χ0) is 12.3. The van der Waals surface area contributed by atoms with Gasteiger partial charge in [-0.05, 0) is 60.2 Å². The maximum atomic E-state index is 12.4. The standard InChI is InChI=1S/C13H17IN2O.ClH/c1-10-11(4-2-5-12(10)14)13(17)16-8-3-6-15-7-9-16;/h2,4-5,15H,3,6-9H2,1H3;1H. The second-order valence-electron chi connectivity index (χ2n) is 4.31. The number of hydrogen-bond donors (Lipinski definition) is 1. The summed E-state index contributed by atoms with van der Waals surface area (Å²) in [5, 5.41) is 3.31. The molecule has 1 N–H and O–H groups in total. The van der Waals surface area contributed by atoms with Gasteiger partial charge in [0, 0.05) is 28.8 Å². The first-order chi connectivity index (χ1) is 8.20. The van der Waals surface area contributed by atoms with Crippen LogP contribution < -0.4 is 5.32 Å². The molecular formula is C13H18ClIN2O. The van der Waals surface area contributed by atoms with E-state index >= 15 is 0 Å². The molecule has 1 amide bonds. The molecule has 0 aromatic heterocycles. The molecule has 1 aromatic carbocycles. The lowest BCUT2D eigenvalue weighted by molar-refractivity contribution is 0.0765. The van der Waals surface area contributed by atoms with E-state index in [9.17, 15) is 4.79 Å². The number of halogens is 2. The Kier molecular flexibility index (Phi) is 6.38. The molecule has 0 atom stereocenters. The summed E-state index contributed by atoms with van der Waals surface area (Å²) in [6, 6.07) is 5.92. The Morgan fingerprint density at radius 1 is 1.33 bits per heavy atom. The SMILES string of the molecule is Cc1c(I)cccc1C(=O)N1CCCNCC1.Cl. The van der Waals surface area contributed by atoms with Crippen molar-refractivity contribution in [3.8, 4) is 0 Å². The molecule has 1 aliphatic heterocycles. The minimum absolute atomic E-state index is 0. The van der Waals surface area contributed by atoms with Gasteiger partial charge < -0.3 is 10.2 Å². The molecule has 0 saturated carbocycles. The summed E-state index contributed by atoms with van der Waals surface area (Å²) in [5.74, 6) is 0.171. The molecule has 2 rings (SSSR count). The molecule has 1 aliphatic rings. The Hall–Kier alpha value is -0.330. The fourth-order valence-corrected chi connectivity index (χ4v) is 2.56. The maximum absolute atomic E-state index is 12.4. The molecule has 0 spiro atoms. The van der Waals surface area contributed by atoms with E-state index in [4.69, 9.17) is 0 Å². The van der Waals surface area contributed by atoms with Gasteiger partial charge in [0.1, 0.15) is 0 Å². The lowest BCUT2D eigenvalue weighted by Crippen LogP contribution is -2.34. The third-order valence-corrected chi connectivity index (χ3v) is 4.29. The summed E-state index contributed by atoms with van der Waals surface area (Å²) in [6.45, 7) is 5.59. The fourth-order valence-electron chi connectivity index (χ4n) is 2.06. The molecule has 3 nitrogen and oxygen atoms in total. The first-order valence-corrected chi connectivity index (χ1v) is 7.03. The lowest BCUT2D eigenvalue weighted by atomic mass is 10.1. The largest absolute Gasteiger partial charge is 0.337 e. The number of hydrogen-bond acceptors (Lipinski definition) is 2. The average molecular weight is 381 g/mol. The molecule has 0 radical (unpaired) electrons. The second kappa shape index (κ2) is 7.31. The summed E-state index contributed by atoms with van der Waals surface area (Å²) in [6.07, 6.45) is 1.04. The Morgan fingerprint density at radius 3 is 2.89 bits per heavy atom. The number of nitrogens with zero attached hydrogens (tertiary/aromatic N) is 1. The number of nitrogens with one attached hydrogen (secondary N) is 1. The normalized spacial score (nSPS) is 15.8. The summed E-state index contributed by atoms with van der Waals surface area (Å²) in [4.78, 5) is 14.4. The van der Waals surface area contributed by atoms with Crippen LogP contribution in [0.25, 0.3) is 0 Å². The monoisotopic (exact) mass is 380 g/mol. The highest BCUT2D eigenvalue weighted by atomic mass is 127. The van der Waals surface area contributed by atoms with Crippen LogP contribution in [0.5, 0.6) is 0 Å². The topological polar surface area (TPSA) is 32.3 Å². The van der Waals surface area contributed by atoms with Crippen LogP contribution in [0.4, 0.5) is 0 Å².